The van der Waals surface area contributed by atoms with Gasteiger partial charge in [-0.25, -0.2) is 4.39 Å². The summed E-state index contributed by atoms with van der Waals surface area (Å²) in [4.78, 5) is 15.3. The third kappa shape index (κ3) is 3.20. The van der Waals surface area contributed by atoms with Crippen LogP contribution in [0.3, 0.4) is 0 Å². The summed E-state index contributed by atoms with van der Waals surface area (Å²) in [5, 5.41) is 4.15. The Morgan fingerprint density at radius 2 is 2.14 bits per heavy atom. The highest BCUT2D eigenvalue weighted by atomic mass is 35.5. The highest BCUT2D eigenvalue weighted by molar-refractivity contribution is 7.21. The van der Waals surface area contributed by atoms with E-state index in [9.17, 15) is 9.18 Å². The quantitative estimate of drug-likeness (QED) is 0.872. The molecule has 1 fully saturated rings. The van der Waals surface area contributed by atoms with Gasteiger partial charge in [0.1, 0.15) is 5.82 Å². The van der Waals surface area contributed by atoms with Crippen LogP contribution < -0.4 is 5.32 Å². The van der Waals surface area contributed by atoms with E-state index in [1.54, 1.807) is 6.07 Å². The largest absolute Gasteiger partial charge is 0.337 e. The van der Waals surface area contributed by atoms with Gasteiger partial charge in [0.05, 0.1) is 4.88 Å². The number of benzene rings is 1. The fraction of sp³-hybridized carbons (Fsp3) is 0.400. The molecule has 0 atom stereocenters. The van der Waals surface area contributed by atoms with Crippen LogP contribution in [-0.4, -0.2) is 37.0 Å². The molecule has 1 aromatic carbocycles. The van der Waals surface area contributed by atoms with Crippen molar-refractivity contribution < 1.29 is 9.18 Å². The van der Waals surface area contributed by atoms with Crippen LogP contribution in [0.4, 0.5) is 4.39 Å². The summed E-state index contributed by atoms with van der Waals surface area (Å²) in [5.41, 5.74) is 0.895. The van der Waals surface area contributed by atoms with Gasteiger partial charge in [-0.2, -0.15) is 0 Å². The summed E-state index contributed by atoms with van der Waals surface area (Å²) in [6.45, 7) is 5.22. The Morgan fingerprint density at radius 3 is 2.95 bits per heavy atom. The monoisotopic (exact) mass is 328 g/mol. The number of carbonyl (C=O) groups excluding carboxylic acids is 1. The minimum Gasteiger partial charge on any atom is -0.337 e. The molecule has 2 heterocycles. The van der Waals surface area contributed by atoms with E-state index < -0.39 is 0 Å². The lowest BCUT2D eigenvalue weighted by Crippen LogP contribution is -2.34. The number of halogens is 2. The average molecular weight is 329 g/mol. The van der Waals surface area contributed by atoms with Gasteiger partial charge in [0.25, 0.3) is 5.91 Å². The Hall–Kier alpha value is -1.17. The molecular weight excluding hydrogens is 311 g/mol. The van der Waals surface area contributed by atoms with Crippen LogP contribution in [-0.2, 0) is 0 Å². The topological polar surface area (TPSA) is 32.3 Å². The van der Waals surface area contributed by atoms with Crippen LogP contribution in [0.5, 0.6) is 0 Å². The number of hydrogen-bond acceptors (Lipinski definition) is 3. The van der Waals surface area contributed by atoms with Gasteiger partial charge in [-0.05, 0) is 49.0 Å². The van der Waals surface area contributed by atoms with E-state index in [1.807, 2.05) is 11.8 Å². The summed E-state index contributed by atoms with van der Waals surface area (Å²) < 4.78 is 14.3. The molecule has 0 radical (unpaired) electrons. The van der Waals surface area contributed by atoms with Crippen molar-refractivity contribution in [1.29, 1.82) is 0 Å². The SMILES string of the molecule is Cc1c(C(=O)N2CCCNCC2)sc2ccc(F)cc12.Cl. The van der Waals surface area contributed by atoms with Gasteiger partial charge in [-0.15, -0.1) is 23.7 Å². The predicted molar refractivity (Wildman–Crippen MR) is 87.2 cm³/mol. The number of fused-ring (bicyclic) bond motifs is 1. The molecule has 1 saturated heterocycles. The van der Waals surface area contributed by atoms with Crippen molar-refractivity contribution in [2.75, 3.05) is 26.2 Å². The van der Waals surface area contributed by atoms with Gasteiger partial charge in [-0.1, -0.05) is 0 Å². The van der Waals surface area contributed by atoms with Crippen LogP contribution >= 0.6 is 23.7 Å². The zero-order valence-electron chi connectivity index (χ0n) is 11.8. The number of nitrogens with zero attached hydrogens (tertiary/aromatic N) is 1. The Bertz CT molecular complexity index is 650. The summed E-state index contributed by atoms with van der Waals surface area (Å²) >= 11 is 1.46. The van der Waals surface area contributed by atoms with E-state index in [4.69, 9.17) is 0 Å². The molecule has 1 aliphatic heterocycles. The molecule has 0 saturated carbocycles. The molecule has 6 heteroatoms. The maximum atomic E-state index is 13.3. The van der Waals surface area contributed by atoms with Crippen molar-refractivity contribution in [3.8, 4) is 0 Å². The molecule has 0 aliphatic carbocycles. The number of hydrogen-bond donors (Lipinski definition) is 1. The predicted octanol–water partition coefficient (Wildman–Crippen LogP) is 3.21. The molecule has 3 nitrogen and oxygen atoms in total. The second-order valence-electron chi connectivity index (χ2n) is 5.09. The number of rotatable bonds is 1. The summed E-state index contributed by atoms with van der Waals surface area (Å²) in [6, 6.07) is 4.72. The Labute approximate surface area is 133 Å². The minimum absolute atomic E-state index is 0. The number of carbonyl (C=O) groups is 1. The Kier molecular flexibility index (Phi) is 5.19. The molecule has 3 rings (SSSR count). The fourth-order valence-corrected chi connectivity index (χ4v) is 3.75. The van der Waals surface area contributed by atoms with E-state index in [1.165, 1.54) is 23.5 Å². The first-order valence-electron chi connectivity index (χ1n) is 6.85. The van der Waals surface area contributed by atoms with Crippen LogP contribution in [0.25, 0.3) is 10.1 Å². The summed E-state index contributed by atoms with van der Waals surface area (Å²) in [7, 11) is 0. The van der Waals surface area contributed by atoms with E-state index in [2.05, 4.69) is 5.32 Å². The van der Waals surface area contributed by atoms with Gasteiger partial charge < -0.3 is 10.2 Å². The molecule has 0 unspecified atom stereocenters. The normalized spacial score (nSPS) is 15.6. The third-order valence-electron chi connectivity index (χ3n) is 3.72. The second-order valence-corrected chi connectivity index (χ2v) is 6.14. The summed E-state index contributed by atoms with van der Waals surface area (Å²) in [5.74, 6) is -0.177. The van der Waals surface area contributed by atoms with Gasteiger partial charge in [0.2, 0.25) is 0 Å². The minimum atomic E-state index is -0.253. The first kappa shape index (κ1) is 16.2. The Balaban J connectivity index is 0.00000161. The summed E-state index contributed by atoms with van der Waals surface area (Å²) in [6.07, 6.45) is 0.976. The molecule has 1 aromatic heterocycles. The van der Waals surface area contributed by atoms with Crippen LogP contribution in [0, 0.1) is 12.7 Å². The molecular formula is C15H18ClFN2OS. The lowest BCUT2D eigenvalue weighted by Gasteiger charge is -2.19. The van der Waals surface area contributed by atoms with E-state index in [0.717, 1.165) is 53.1 Å². The fourth-order valence-electron chi connectivity index (χ4n) is 2.59. The molecule has 2 aromatic rings. The third-order valence-corrected chi connectivity index (χ3v) is 4.98. The standard InChI is InChI=1S/C15H17FN2OS.ClH/c1-10-12-9-11(16)3-4-13(12)20-14(10)15(19)18-7-2-5-17-6-8-18;/h3-4,9,17H,2,5-8H2,1H3;1H. The molecule has 114 valence electrons. The zero-order chi connectivity index (χ0) is 14.1. The lowest BCUT2D eigenvalue weighted by molar-refractivity contribution is 0.0770. The maximum absolute atomic E-state index is 13.3. The van der Waals surface area contributed by atoms with Crippen molar-refractivity contribution in [1.82, 2.24) is 10.2 Å². The van der Waals surface area contributed by atoms with Crippen molar-refractivity contribution in [2.45, 2.75) is 13.3 Å². The van der Waals surface area contributed by atoms with Gasteiger partial charge in [-0.3, -0.25) is 4.79 Å². The average Bonchev–Trinajstić information content (AvgIpc) is 2.66. The zero-order valence-corrected chi connectivity index (χ0v) is 13.5. The molecule has 1 N–H and O–H groups in total. The number of thiophene rings is 1. The lowest BCUT2D eigenvalue weighted by atomic mass is 10.1. The smallest absolute Gasteiger partial charge is 0.264 e. The van der Waals surface area contributed by atoms with E-state index in [0.29, 0.717) is 0 Å². The first-order chi connectivity index (χ1) is 9.66. The van der Waals surface area contributed by atoms with Crippen LogP contribution in [0.1, 0.15) is 21.7 Å². The van der Waals surface area contributed by atoms with Gasteiger partial charge >= 0.3 is 0 Å². The highest BCUT2D eigenvalue weighted by Crippen LogP contribution is 2.32. The van der Waals surface area contributed by atoms with Crippen molar-refractivity contribution in [3.63, 3.8) is 0 Å². The van der Waals surface area contributed by atoms with E-state index in [-0.39, 0.29) is 24.1 Å². The first-order valence-corrected chi connectivity index (χ1v) is 7.67. The maximum Gasteiger partial charge on any atom is 0.264 e. The number of aryl methyl sites for hydroxylation is 1. The van der Waals surface area contributed by atoms with Crippen molar-refractivity contribution in [2.24, 2.45) is 0 Å². The van der Waals surface area contributed by atoms with Crippen molar-refractivity contribution >= 4 is 39.7 Å². The number of amides is 1. The van der Waals surface area contributed by atoms with Crippen LogP contribution in [0.15, 0.2) is 18.2 Å². The molecule has 1 amide bonds. The van der Waals surface area contributed by atoms with Crippen molar-refractivity contribution in [3.05, 3.63) is 34.5 Å². The molecule has 21 heavy (non-hydrogen) atoms. The van der Waals surface area contributed by atoms with Gasteiger partial charge in [0, 0.05) is 24.3 Å². The van der Waals surface area contributed by atoms with E-state index >= 15 is 0 Å². The van der Waals surface area contributed by atoms with Gasteiger partial charge in [0.15, 0.2) is 0 Å². The highest BCUT2D eigenvalue weighted by Gasteiger charge is 2.22. The second kappa shape index (κ2) is 6.73. The molecule has 1 aliphatic rings. The Morgan fingerprint density at radius 1 is 1.33 bits per heavy atom. The van der Waals surface area contributed by atoms with Crippen LogP contribution in [0.2, 0.25) is 0 Å². The number of nitrogens with one attached hydrogen (secondary N) is 1. The molecule has 0 bridgehead atoms. The molecule has 0 spiro atoms.